The number of thioether (sulfide) groups is 3. The lowest BCUT2D eigenvalue weighted by atomic mass is 10.1. The molecule has 0 aliphatic carbocycles. The molecule has 0 unspecified atom stereocenters. The number of halogens is 5. The zero-order valence-electron chi connectivity index (χ0n) is 57.7. The van der Waals surface area contributed by atoms with Crippen molar-refractivity contribution >= 4 is 138 Å². The molecule has 0 bridgehead atoms. The van der Waals surface area contributed by atoms with Crippen LogP contribution in [-0.2, 0) is 45.8 Å². The van der Waals surface area contributed by atoms with Crippen molar-refractivity contribution in [2.75, 3.05) is 31.4 Å². The van der Waals surface area contributed by atoms with Crippen LogP contribution in [0.1, 0.15) is 26.3 Å². The molecule has 0 aromatic heterocycles. The minimum atomic E-state index is -4.53. The first-order valence-corrected chi connectivity index (χ1v) is 40.0. The number of phenolic OH excluding ortho intramolecular Hbond substituents is 3. The Hall–Kier alpha value is -11.2. The molecule has 0 saturated heterocycles. The second kappa shape index (κ2) is 34.6. The number of hydrogen-bond donors (Lipinski definition) is 9. The van der Waals surface area contributed by atoms with Crippen molar-refractivity contribution in [3.8, 4) is 57.5 Å². The van der Waals surface area contributed by atoms with E-state index in [9.17, 15) is 72.8 Å². The number of aliphatic hydroxyl groups excluding tert-OH is 1. The van der Waals surface area contributed by atoms with Gasteiger partial charge in [-0.2, -0.15) is 13.2 Å². The number of benzene rings is 12. The van der Waals surface area contributed by atoms with Gasteiger partial charge in [0.2, 0.25) is 0 Å². The van der Waals surface area contributed by atoms with E-state index in [4.69, 9.17) is 40.8 Å². The highest BCUT2D eigenvalue weighted by atomic mass is 35.5. The summed E-state index contributed by atoms with van der Waals surface area (Å²) in [5.74, 6) is -1.14. The molecule has 570 valence electrons. The molecule has 0 saturated carbocycles. The normalized spacial score (nSPS) is 11.7. The number of rotatable bonds is 25. The maximum Gasteiger partial charge on any atom is 0.416 e. The molecule has 0 radical (unpaired) electrons. The Morgan fingerprint density at radius 1 is 0.418 bits per heavy atom. The molecule has 0 aliphatic heterocycles. The third kappa shape index (κ3) is 21.4. The van der Waals surface area contributed by atoms with Gasteiger partial charge in [0.15, 0.2) is 0 Å². The van der Waals surface area contributed by atoms with Gasteiger partial charge in [-0.05, 0) is 166 Å². The van der Waals surface area contributed by atoms with Gasteiger partial charge < -0.3 is 49.6 Å². The SMILES string of the molecule is C=C(O)CSc1cc(NS(=O)(=O)c2ccc(Oc3ccc(F)c(Cl)c3)cc2)c2ccccc2c1O.CC(C)(C)Oc1ccc(Oc2ccc(S(=O)(=O)Nc3cc(SCC(=O)O)c(O)c4ccccc34)cc2)cc1.O=C(O)CSc1cc(NS(=O)(=O)c2ccc(Oc3cccc(C(F)(F)F)c3)cc2)c2ccccc2c1O. The van der Waals surface area contributed by atoms with E-state index >= 15 is 0 Å². The average Bonchev–Trinajstić information content (AvgIpc) is 0.784. The lowest BCUT2D eigenvalue weighted by Gasteiger charge is -2.21. The van der Waals surface area contributed by atoms with Crippen LogP contribution in [0.25, 0.3) is 32.3 Å². The summed E-state index contributed by atoms with van der Waals surface area (Å²) >= 11 is 8.63. The van der Waals surface area contributed by atoms with Gasteiger partial charge in [-0.25, -0.2) is 29.6 Å². The molecule has 12 rings (SSSR count). The van der Waals surface area contributed by atoms with E-state index in [0.717, 1.165) is 47.4 Å². The summed E-state index contributed by atoms with van der Waals surface area (Å²) in [6.45, 7) is 9.32. The monoisotopic (exact) mass is 1630 g/mol. The first-order valence-electron chi connectivity index (χ1n) is 32.3. The number of phenols is 3. The van der Waals surface area contributed by atoms with Crippen molar-refractivity contribution in [1.29, 1.82) is 0 Å². The summed E-state index contributed by atoms with van der Waals surface area (Å²) in [4.78, 5) is 22.7. The van der Waals surface area contributed by atoms with Crippen LogP contribution in [-0.4, -0.2) is 90.7 Å². The fraction of sp³-hybridized carbons (Fsp3) is 0.103. The van der Waals surface area contributed by atoms with Crippen LogP contribution in [0.5, 0.6) is 57.5 Å². The first kappa shape index (κ1) is 81.3. The fourth-order valence-electron chi connectivity index (χ4n) is 10.3. The fourth-order valence-corrected chi connectivity index (χ4v) is 15.9. The molecular formula is C78H64ClF4N3O18S6. The number of aromatic hydroxyl groups is 3. The second-order valence-corrected chi connectivity index (χ2v) is 33.0. The summed E-state index contributed by atoms with van der Waals surface area (Å²) in [7, 11) is -12.2. The van der Waals surface area contributed by atoms with Gasteiger partial charge in [-0.15, -0.1) is 35.3 Å². The highest BCUT2D eigenvalue weighted by Gasteiger charge is 2.31. The number of nitrogens with one attached hydrogen (secondary N) is 3. The van der Waals surface area contributed by atoms with Gasteiger partial charge in [0, 0.05) is 38.4 Å². The van der Waals surface area contributed by atoms with Crippen molar-refractivity contribution in [2.45, 2.75) is 61.9 Å². The van der Waals surface area contributed by atoms with Crippen molar-refractivity contribution < 1.29 is 102 Å². The van der Waals surface area contributed by atoms with E-state index in [0.29, 0.717) is 66.0 Å². The lowest BCUT2D eigenvalue weighted by Crippen LogP contribution is -2.22. The van der Waals surface area contributed by atoms with Gasteiger partial charge in [0.25, 0.3) is 30.1 Å². The summed E-state index contributed by atoms with van der Waals surface area (Å²) in [6.07, 6.45) is -4.53. The predicted octanol–water partition coefficient (Wildman–Crippen LogP) is 19.9. The number of aliphatic carboxylic acids is 2. The van der Waals surface area contributed by atoms with Crippen molar-refractivity contribution in [3.63, 3.8) is 0 Å². The summed E-state index contributed by atoms with van der Waals surface area (Å²) in [5, 5.41) is 61.7. The average molecular weight is 1640 g/mol. The molecule has 32 heteroatoms. The second-order valence-electron chi connectivity index (χ2n) is 24.5. The number of carboxylic acid groups (broad SMARTS) is 2. The number of alkyl halides is 3. The number of fused-ring (bicyclic) bond motifs is 3. The number of carboxylic acids is 2. The van der Waals surface area contributed by atoms with E-state index in [1.54, 1.807) is 109 Å². The maximum absolute atomic E-state index is 13.3. The summed E-state index contributed by atoms with van der Waals surface area (Å²) < 4.78 is 161. The third-order valence-electron chi connectivity index (χ3n) is 15.2. The Bertz CT molecular complexity index is 5790. The highest BCUT2D eigenvalue weighted by Crippen LogP contribution is 2.45. The molecule has 110 heavy (non-hydrogen) atoms. The maximum atomic E-state index is 13.3. The highest BCUT2D eigenvalue weighted by molar-refractivity contribution is 8.00. The minimum absolute atomic E-state index is 0.00988. The van der Waals surface area contributed by atoms with Crippen LogP contribution >= 0.6 is 46.9 Å². The van der Waals surface area contributed by atoms with E-state index in [2.05, 4.69) is 20.7 Å². The van der Waals surface area contributed by atoms with E-state index in [1.807, 2.05) is 20.8 Å². The van der Waals surface area contributed by atoms with Crippen LogP contribution in [0, 0.1) is 5.82 Å². The molecular weight excluding hydrogens is 1570 g/mol. The molecule has 0 heterocycles. The summed E-state index contributed by atoms with van der Waals surface area (Å²) in [6, 6.07) is 56.4. The van der Waals surface area contributed by atoms with Gasteiger partial charge in [-0.3, -0.25) is 23.8 Å². The first-order chi connectivity index (χ1) is 52.0. The number of anilines is 3. The standard InChI is InChI=1S/C28H27NO7S2.C25H19ClFNO5S2.C25H18F3NO6S2/c1-28(2,3)36-20-10-8-18(9-11-20)35-19-12-14-21(15-13-19)38(33,34)29-24-16-25(37-17-26(30)31)27(32)23-7-5-4-6-22(23)24;1-15(29)14-34-24-13-23(19-4-2-3-5-20(19)25(24)30)28-35(31,32)18-9-6-16(7-10-18)33-17-8-11-22(27)21(26)12-17;26-25(27,28)15-4-3-5-17(12-15)35-16-8-10-18(11-9-16)37(33,34)29-21-13-22(36-14-23(30)31)24(32)20-7-2-1-6-19(20)21/h4-16,29,32H,17H2,1-3H3,(H,30,31);2-13,28-30H,1,14H2;1-13,29,32H,14H2,(H,30,31). The van der Waals surface area contributed by atoms with E-state index < -0.39 is 59.6 Å². The minimum Gasteiger partial charge on any atom is -0.512 e. The molecule has 0 spiro atoms. The van der Waals surface area contributed by atoms with Crippen LogP contribution in [0.3, 0.4) is 0 Å². The van der Waals surface area contributed by atoms with Crippen molar-refractivity contribution in [3.05, 3.63) is 259 Å². The van der Waals surface area contributed by atoms with Crippen molar-refractivity contribution in [1.82, 2.24) is 0 Å². The Morgan fingerprint density at radius 2 is 0.727 bits per heavy atom. The zero-order valence-corrected chi connectivity index (χ0v) is 63.3. The van der Waals surface area contributed by atoms with E-state index in [1.165, 1.54) is 109 Å². The van der Waals surface area contributed by atoms with Gasteiger partial charge in [0.1, 0.15) is 68.9 Å². The smallest absolute Gasteiger partial charge is 0.416 e. The number of ether oxygens (including phenoxy) is 4. The number of sulfonamides is 3. The molecule has 0 aliphatic rings. The summed E-state index contributed by atoms with van der Waals surface area (Å²) in [5.41, 5.74) is -0.570. The van der Waals surface area contributed by atoms with Gasteiger partial charge in [0.05, 0.1) is 80.0 Å². The molecule has 9 N–H and O–H groups in total. The lowest BCUT2D eigenvalue weighted by molar-refractivity contribution is -0.138. The predicted molar refractivity (Wildman–Crippen MR) is 418 cm³/mol. The molecule has 0 amide bonds. The molecule has 0 atom stereocenters. The van der Waals surface area contributed by atoms with Crippen molar-refractivity contribution in [2.24, 2.45) is 0 Å². The number of hydrogen-bond acceptors (Lipinski definition) is 19. The molecule has 12 aromatic carbocycles. The Kier molecular flexibility index (Phi) is 25.6. The Labute approximate surface area is 645 Å². The van der Waals surface area contributed by atoms with Crippen LogP contribution < -0.4 is 33.1 Å². The van der Waals surface area contributed by atoms with Gasteiger partial charge >= 0.3 is 18.1 Å². The Morgan fingerprint density at radius 3 is 1.05 bits per heavy atom. The Balaban J connectivity index is 0.000000176. The van der Waals surface area contributed by atoms with E-state index in [-0.39, 0.29) is 104 Å². The molecule has 21 nitrogen and oxygen atoms in total. The topological polar surface area (TPSA) is 331 Å². The quantitative estimate of drug-likeness (QED) is 0.0111. The largest absolute Gasteiger partial charge is 0.512 e. The third-order valence-corrected chi connectivity index (χ3v) is 22.7. The van der Waals surface area contributed by atoms with Crippen LogP contribution in [0.15, 0.2) is 272 Å². The van der Waals surface area contributed by atoms with Gasteiger partial charge in [-0.1, -0.05) is 97.0 Å². The number of carbonyl (C=O) groups is 2. The van der Waals surface area contributed by atoms with Crippen LogP contribution in [0.4, 0.5) is 34.6 Å². The number of aliphatic hydroxyl groups is 1. The molecule has 0 fully saturated rings. The zero-order chi connectivity index (χ0) is 79.5. The van der Waals surface area contributed by atoms with Crippen LogP contribution in [0.2, 0.25) is 5.02 Å². The molecule has 12 aromatic rings.